The molecule has 0 radical (unpaired) electrons. The Hall–Kier alpha value is -3.09. The Balaban J connectivity index is 2.16. The lowest BCUT2D eigenvalue weighted by Gasteiger charge is -2.26. The normalized spacial score (nSPS) is 11.6. The largest absolute Gasteiger partial charge is 0.481 e. The molecule has 7 nitrogen and oxygen atoms in total. The molecule has 2 amide bonds. The second-order valence-corrected chi connectivity index (χ2v) is 5.75. The van der Waals surface area contributed by atoms with Crippen molar-refractivity contribution in [3.8, 4) is 0 Å². The molecule has 7 heteroatoms. The molecule has 0 aliphatic carbocycles. The van der Waals surface area contributed by atoms with E-state index in [1.54, 1.807) is 13.0 Å². The van der Waals surface area contributed by atoms with Gasteiger partial charge in [0.2, 0.25) is 5.91 Å². The molecular weight excluding hydrogens is 336 g/mol. The van der Waals surface area contributed by atoms with Crippen molar-refractivity contribution in [3.05, 3.63) is 60.1 Å². The molecule has 1 atom stereocenters. The number of carboxylic acid groups (broad SMARTS) is 1. The fraction of sp³-hybridized carbons (Fsp3) is 0.316. The van der Waals surface area contributed by atoms with Gasteiger partial charge in [-0.25, -0.2) is 0 Å². The van der Waals surface area contributed by atoms with E-state index >= 15 is 0 Å². The van der Waals surface area contributed by atoms with Crippen molar-refractivity contribution in [3.63, 3.8) is 0 Å². The van der Waals surface area contributed by atoms with Crippen molar-refractivity contribution >= 4 is 17.8 Å². The van der Waals surface area contributed by atoms with E-state index in [9.17, 15) is 14.4 Å². The van der Waals surface area contributed by atoms with Crippen molar-refractivity contribution in [2.45, 2.75) is 25.8 Å². The van der Waals surface area contributed by atoms with E-state index in [1.807, 2.05) is 30.3 Å². The van der Waals surface area contributed by atoms with Crippen LogP contribution in [0.4, 0.5) is 0 Å². The topological polar surface area (TPSA) is 99.9 Å². The van der Waals surface area contributed by atoms with E-state index in [1.165, 1.54) is 17.2 Å². The fourth-order valence-corrected chi connectivity index (χ4v) is 2.56. The van der Waals surface area contributed by atoms with Crippen LogP contribution >= 0.6 is 0 Å². The Bertz CT molecular complexity index is 728. The van der Waals surface area contributed by atoms with Crippen LogP contribution in [0.25, 0.3) is 0 Å². The predicted molar refractivity (Wildman–Crippen MR) is 94.6 cm³/mol. The minimum absolute atomic E-state index is 0.0899. The number of carbonyl (C=O) groups is 3. The van der Waals surface area contributed by atoms with Crippen molar-refractivity contribution < 1.29 is 23.9 Å². The highest BCUT2D eigenvalue weighted by Crippen LogP contribution is 2.09. The number of benzene rings is 1. The molecule has 0 fully saturated rings. The molecule has 2 aromatic rings. The summed E-state index contributed by atoms with van der Waals surface area (Å²) in [5.41, 5.74) is 0.889. The molecule has 0 saturated carbocycles. The van der Waals surface area contributed by atoms with Crippen LogP contribution < -0.4 is 5.32 Å². The lowest BCUT2D eigenvalue weighted by molar-refractivity contribution is -0.139. The summed E-state index contributed by atoms with van der Waals surface area (Å²) in [7, 11) is 0. The molecule has 0 aliphatic rings. The summed E-state index contributed by atoms with van der Waals surface area (Å²) in [6.45, 7) is 2.22. The van der Waals surface area contributed by atoms with Crippen molar-refractivity contribution in [1.82, 2.24) is 10.2 Å². The molecule has 0 bridgehead atoms. The van der Waals surface area contributed by atoms with E-state index in [-0.39, 0.29) is 24.6 Å². The van der Waals surface area contributed by atoms with Gasteiger partial charge in [0.15, 0.2) is 5.76 Å². The predicted octanol–water partition coefficient (Wildman–Crippen LogP) is 1.94. The molecule has 1 aromatic carbocycles. The summed E-state index contributed by atoms with van der Waals surface area (Å²) in [4.78, 5) is 37.5. The van der Waals surface area contributed by atoms with E-state index in [0.29, 0.717) is 13.0 Å². The quantitative estimate of drug-likeness (QED) is 0.714. The van der Waals surface area contributed by atoms with Crippen LogP contribution in [0.5, 0.6) is 0 Å². The molecule has 1 aromatic heterocycles. The van der Waals surface area contributed by atoms with Gasteiger partial charge in [-0.1, -0.05) is 30.3 Å². The zero-order chi connectivity index (χ0) is 18.9. The smallest absolute Gasteiger partial charge is 0.305 e. The zero-order valence-corrected chi connectivity index (χ0v) is 14.6. The first-order chi connectivity index (χ1) is 12.5. The third kappa shape index (κ3) is 5.47. The number of furan rings is 1. The average Bonchev–Trinajstić information content (AvgIpc) is 3.17. The molecular formula is C19H22N2O5. The Morgan fingerprint density at radius 2 is 1.88 bits per heavy atom. The van der Waals surface area contributed by atoms with Gasteiger partial charge in [-0.3, -0.25) is 14.4 Å². The second kappa shape index (κ2) is 9.41. The van der Waals surface area contributed by atoms with Crippen molar-refractivity contribution in [2.75, 3.05) is 13.1 Å². The highest BCUT2D eigenvalue weighted by molar-refractivity contribution is 5.95. The van der Waals surface area contributed by atoms with Gasteiger partial charge in [0.1, 0.15) is 6.04 Å². The molecule has 0 aliphatic heterocycles. The first-order valence-electron chi connectivity index (χ1n) is 8.40. The number of nitrogens with one attached hydrogen (secondary N) is 1. The van der Waals surface area contributed by atoms with Gasteiger partial charge in [0.25, 0.3) is 5.91 Å². The second-order valence-electron chi connectivity index (χ2n) is 5.75. The maximum Gasteiger partial charge on any atom is 0.305 e. The first kappa shape index (κ1) is 19.2. The van der Waals surface area contributed by atoms with Gasteiger partial charge >= 0.3 is 5.97 Å². The van der Waals surface area contributed by atoms with Crippen LogP contribution in [0, 0.1) is 0 Å². The summed E-state index contributed by atoms with van der Waals surface area (Å²) >= 11 is 0. The number of hydrogen-bond acceptors (Lipinski definition) is 4. The van der Waals surface area contributed by atoms with Gasteiger partial charge in [-0.15, -0.1) is 0 Å². The van der Waals surface area contributed by atoms with E-state index < -0.39 is 17.9 Å². The number of aliphatic carboxylic acids is 1. The number of hydrogen-bond donors (Lipinski definition) is 2. The minimum atomic E-state index is -0.976. The molecule has 2 N–H and O–H groups in total. The first-order valence-corrected chi connectivity index (χ1v) is 8.40. The number of likely N-dealkylation sites (N-methyl/N-ethyl adjacent to an activating group) is 1. The molecule has 1 unspecified atom stereocenters. The van der Waals surface area contributed by atoms with Crippen LogP contribution in [0.2, 0.25) is 0 Å². The Morgan fingerprint density at radius 3 is 2.46 bits per heavy atom. The summed E-state index contributed by atoms with van der Waals surface area (Å²) < 4.78 is 5.08. The molecule has 1 heterocycles. The fourth-order valence-electron chi connectivity index (χ4n) is 2.56. The summed E-state index contributed by atoms with van der Waals surface area (Å²) in [6, 6.07) is 11.6. The number of rotatable bonds is 9. The van der Waals surface area contributed by atoms with Crippen LogP contribution in [-0.4, -0.2) is 46.9 Å². The maximum atomic E-state index is 12.9. The average molecular weight is 358 g/mol. The minimum Gasteiger partial charge on any atom is -0.481 e. The van der Waals surface area contributed by atoms with E-state index in [0.717, 1.165) is 5.56 Å². The monoisotopic (exact) mass is 358 g/mol. The molecule has 0 spiro atoms. The lowest BCUT2D eigenvalue weighted by atomic mass is 10.0. The van der Waals surface area contributed by atoms with Crippen LogP contribution in [0.1, 0.15) is 29.5 Å². The standard InChI is InChI=1S/C19H22N2O5/c1-2-21(11-10-17(22)23)19(25)15(13-14-7-4-3-5-8-14)20-18(24)16-9-6-12-26-16/h3-9,12,15H,2,10-11,13H2,1H3,(H,20,24)(H,22,23). The summed E-state index contributed by atoms with van der Waals surface area (Å²) in [6.07, 6.45) is 1.54. The van der Waals surface area contributed by atoms with Crippen molar-refractivity contribution in [1.29, 1.82) is 0 Å². The Labute approximate surface area is 151 Å². The highest BCUT2D eigenvalue weighted by Gasteiger charge is 2.27. The van der Waals surface area contributed by atoms with E-state index in [4.69, 9.17) is 9.52 Å². The molecule has 2 rings (SSSR count). The van der Waals surface area contributed by atoms with E-state index in [2.05, 4.69) is 5.32 Å². The number of carboxylic acids is 1. The Morgan fingerprint density at radius 1 is 1.15 bits per heavy atom. The maximum absolute atomic E-state index is 12.9. The third-order valence-electron chi connectivity index (χ3n) is 3.92. The highest BCUT2D eigenvalue weighted by atomic mass is 16.4. The zero-order valence-electron chi connectivity index (χ0n) is 14.6. The van der Waals surface area contributed by atoms with Crippen LogP contribution in [0.15, 0.2) is 53.1 Å². The van der Waals surface area contributed by atoms with Gasteiger partial charge in [-0.2, -0.15) is 0 Å². The summed E-state index contributed by atoms with van der Waals surface area (Å²) in [5.74, 6) is -1.67. The Kier molecular flexibility index (Phi) is 6.96. The van der Waals surface area contributed by atoms with Crippen LogP contribution in [0.3, 0.4) is 0 Å². The third-order valence-corrected chi connectivity index (χ3v) is 3.92. The van der Waals surface area contributed by atoms with Crippen molar-refractivity contribution in [2.24, 2.45) is 0 Å². The number of carbonyl (C=O) groups excluding carboxylic acids is 2. The van der Waals surface area contributed by atoms with Gasteiger partial charge in [-0.05, 0) is 24.6 Å². The SMILES string of the molecule is CCN(CCC(=O)O)C(=O)C(Cc1ccccc1)NC(=O)c1ccco1. The number of nitrogens with zero attached hydrogens (tertiary/aromatic N) is 1. The van der Waals surface area contributed by atoms with Gasteiger partial charge in [0, 0.05) is 19.5 Å². The lowest BCUT2D eigenvalue weighted by Crippen LogP contribution is -2.50. The summed E-state index contributed by atoms with van der Waals surface area (Å²) in [5, 5.41) is 11.6. The molecule has 138 valence electrons. The van der Waals surface area contributed by atoms with Gasteiger partial charge in [0.05, 0.1) is 12.7 Å². The van der Waals surface area contributed by atoms with Crippen LogP contribution in [-0.2, 0) is 16.0 Å². The van der Waals surface area contributed by atoms with Gasteiger partial charge < -0.3 is 19.7 Å². The molecule has 0 saturated heterocycles. The molecule has 26 heavy (non-hydrogen) atoms. The number of amides is 2.